The van der Waals surface area contributed by atoms with Crippen LogP contribution in [0.1, 0.15) is 0 Å². The number of aromatic nitrogens is 2. The molecule has 2 rings (SSSR count). The van der Waals surface area contributed by atoms with E-state index in [1.54, 1.807) is 10.2 Å². The van der Waals surface area contributed by atoms with Crippen molar-refractivity contribution < 1.29 is 0 Å². The van der Waals surface area contributed by atoms with Crippen LogP contribution in [0.25, 0.3) is 10.9 Å². The highest BCUT2D eigenvalue weighted by Gasteiger charge is 1.94. The number of pyridine rings is 1. The SMILES string of the molecule is Sn1ccc2cnccc21. The molecule has 2 aromatic rings. The van der Waals surface area contributed by atoms with Gasteiger partial charge in [-0.15, -0.1) is 0 Å². The standard InChI is InChI=1S/C7H6N2S/c10-9-4-2-6-5-8-3-1-7(6)9/h1-5,10H. The van der Waals surface area contributed by atoms with Crippen molar-refractivity contribution in [2.24, 2.45) is 0 Å². The second-order valence-corrected chi connectivity index (χ2v) is 2.53. The Hall–Kier alpha value is -0.960. The molecule has 0 aliphatic rings. The lowest BCUT2D eigenvalue weighted by atomic mass is 10.3. The molecule has 2 nitrogen and oxygen atoms in total. The zero-order valence-corrected chi connectivity index (χ0v) is 6.12. The van der Waals surface area contributed by atoms with Gasteiger partial charge in [-0.05, 0) is 12.1 Å². The third-order valence-corrected chi connectivity index (χ3v) is 1.82. The zero-order chi connectivity index (χ0) is 6.97. The van der Waals surface area contributed by atoms with Crippen LogP contribution < -0.4 is 0 Å². The van der Waals surface area contributed by atoms with Crippen molar-refractivity contribution in [3.63, 3.8) is 0 Å². The highest BCUT2D eigenvalue weighted by Crippen LogP contribution is 2.13. The van der Waals surface area contributed by atoms with Crippen LogP contribution in [0.3, 0.4) is 0 Å². The van der Waals surface area contributed by atoms with Crippen LogP contribution in [0.5, 0.6) is 0 Å². The van der Waals surface area contributed by atoms with Crippen molar-refractivity contribution in [2.45, 2.75) is 0 Å². The zero-order valence-electron chi connectivity index (χ0n) is 5.23. The van der Waals surface area contributed by atoms with E-state index in [9.17, 15) is 0 Å². The molecule has 0 aliphatic heterocycles. The first kappa shape index (κ1) is 5.80. The Morgan fingerprint density at radius 2 is 2.30 bits per heavy atom. The van der Waals surface area contributed by atoms with Crippen molar-refractivity contribution in [3.05, 3.63) is 30.7 Å². The van der Waals surface area contributed by atoms with E-state index in [-0.39, 0.29) is 0 Å². The Morgan fingerprint density at radius 1 is 1.40 bits per heavy atom. The van der Waals surface area contributed by atoms with Crippen molar-refractivity contribution >= 4 is 23.7 Å². The first-order valence-corrected chi connectivity index (χ1v) is 3.38. The molecule has 3 heteroatoms. The van der Waals surface area contributed by atoms with Gasteiger partial charge in [0.05, 0.1) is 5.52 Å². The molecule has 2 aromatic heterocycles. The van der Waals surface area contributed by atoms with Crippen LogP contribution in [0.15, 0.2) is 30.7 Å². The van der Waals surface area contributed by atoms with E-state index in [2.05, 4.69) is 17.8 Å². The van der Waals surface area contributed by atoms with Gasteiger partial charge in [0.1, 0.15) is 0 Å². The number of fused-ring (bicyclic) bond motifs is 1. The molecule has 0 unspecified atom stereocenters. The summed E-state index contributed by atoms with van der Waals surface area (Å²) >= 11 is 4.19. The van der Waals surface area contributed by atoms with Gasteiger partial charge in [-0.25, -0.2) is 0 Å². The maximum atomic E-state index is 4.19. The first-order chi connectivity index (χ1) is 4.88. The van der Waals surface area contributed by atoms with Crippen molar-refractivity contribution in [1.29, 1.82) is 0 Å². The van der Waals surface area contributed by atoms with E-state index < -0.39 is 0 Å². The molecule has 0 fully saturated rings. The molecule has 0 atom stereocenters. The Kier molecular flexibility index (Phi) is 1.17. The summed E-state index contributed by atoms with van der Waals surface area (Å²) in [4.78, 5) is 3.98. The molecular weight excluding hydrogens is 144 g/mol. The molecule has 0 spiro atoms. The summed E-state index contributed by atoms with van der Waals surface area (Å²) in [7, 11) is 0. The summed E-state index contributed by atoms with van der Waals surface area (Å²) in [5, 5.41) is 1.12. The van der Waals surface area contributed by atoms with Crippen LogP contribution in [0.4, 0.5) is 0 Å². The summed E-state index contributed by atoms with van der Waals surface area (Å²) < 4.78 is 1.77. The Morgan fingerprint density at radius 3 is 3.10 bits per heavy atom. The van der Waals surface area contributed by atoms with Crippen LogP contribution in [0, 0.1) is 0 Å². The third kappa shape index (κ3) is 0.708. The van der Waals surface area contributed by atoms with Crippen molar-refractivity contribution in [3.8, 4) is 0 Å². The number of hydrogen-bond acceptors (Lipinski definition) is 2. The molecule has 0 radical (unpaired) electrons. The van der Waals surface area contributed by atoms with Gasteiger partial charge in [-0.1, -0.05) is 12.8 Å². The fourth-order valence-electron chi connectivity index (χ4n) is 0.968. The van der Waals surface area contributed by atoms with Gasteiger partial charge in [-0.2, -0.15) is 0 Å². The lowest BCUT2D eigenvalue weighted by Crippen LogP contribution is -1.75. The smallest absolute Gasteiger partial charge is 0.0619 e. The average molecular weight is 150 g/mol. The van der Waals surface area contributed by atoms with E-state index >= 15 is 0 Å². The minimum atomic E-state index is 1.10. The number of thiol groups is 1. The summed E-state index contributed by atoms with van der Waals surface area (Å²) in [6.45, 7) is 0. The van der Waals surface area contributed by atoms with E-state index in [1.165, 1.54) is 0 Å². The molecule has 0 aliphatic carbocycles. The quantitative estimate of drug-likeness (QED) is 0.566. The summed E-state index contributed by atoms with van der Waals surface area (Å²) in [5.74, 6) is 0. The van der Waals surface area contributed by atoms with E-state index in [0.717, 1.165) is 10.9 Å². The average Bonchev–Trinajstić information content (AvgIpc) is 2.34. The molecule has 2 heterocycles. The Bertz CT molecular complexity index is 353. The molecule has 50 valence electrons. The van der Waals surface area contributed by atoms with Gasteiger partial charge < -0.3 is 0 Å². The third-order valence-electron chi connectivity index (χ3n) is 1.47. The molecular formula is C7H6N2S. The van der Waals surface area contributed by atoms with Crippen LogP contribution in [-0.4, -0.2) is 8.96 Å². The van der Waals surface area contributed by atoms with Gasteiger partial charge >= 0.3 is 0 Å². The summed E-state index contributed by atoms with van der Waals surface area (Å²) in [6, 6.07) is 3.91. The highest BCUT2D eigenvalue weighted by molar-refractivity contribution is 7.78. The number of nitrogens with zero attached hydrogens (tertiary/aromatic N) is 2. The number of hydrogen-bond donors (Lipinski definition) is 1. The van der Waals surface area contributed by atoms with Gasteiger partial charge in [0.25, 0.3) is 0 Å². The Balaban J connectivity index is 2.93. The molecule has 0 bridgehead atoms. The van der Waals surface area contributed by atoms with Gasteiger partial charge in [0.15, 0.2) is 0 Å². The van der Waals surface area contributed by atoms with E-state index in [4.69, 9.17) is 0 Å². The molecule has 0 saturated heterocycles. The van der Waals surface area contributed by atoms with Crippen molar-refractivity contribution in [2.75, 3.05) is 0 Å². The lowest BCUT2D eigenvalue weighted by Gasteiger charge is -1.90. The second kappa shape index (κ2) is 2.02. The van der Waals surface area contributed by atoms with Crippen LogP contribution in [0.2, 0.25) is 0 Å². The normalized spacial score (nSPS) is 10.5. The fourth-order valence-corrected chi connectivity index (χ4v) is 1.22. The van der Waals surface area contributed by atoms with Crippen LogP contribution >= 0.6 is 12.8 Å². The minimum Gasteiger partial charge on any atom is -0.294 e. The lowest BCUT2D eigenvalue weighted by molar-refractivity contribution is 1.33. The highest BCUT2D eigenvalue weighted by atomic mass is 32.1. The maximum absolute atomic E-state index is 4.19. The maximum Gasteiger partial charge on any atom is 0.0619 e. The second-order valence-electron chi connectivity index (χ2n) is 2.09. The number of rotatable bonds is 0. The molecule has 0 saturated carbocycles. The van der Waals surface area contributed by atoms with E-state index in [1.807, 2.05) is 24.5 Å². The van der Waals surface area contributed by atoms with Crippen LogP contribution in [-0.2, 0) is 0 Å². The fraction of sp³-hybridized carbons (Fsp3) is 0. The topological polar surface area (TPSA) is 17.8 Å². The van der Waals surface area contributed by atoms with Gasteiger partial charge in [-0.3, -0.25) is 8.96 Å². The molecule has 0 aromatic carbocycles. The Labute approximate surface area is 64.0 Å². The monoisotopic (exact) mass is 150 g/mol. The summed E-state index contributed by atoms with van der Waals surface area (Å²) in [5.41, 5.74) is 1.10. The predicted octanol–water partition coefficient (Wildman–Crippen LogP) is 1.73. The van der Waals surface area contributed by atoms with E-state index in [0.29, 0.717) is 0 Å². The molecule has 10 heavy (non-hydrogen) atoms. The molecule has 0 amide bonds. The van der Waals surface area contributed by atoms with Crippen molar-refractivity contribution in [1.82, 2.24) is 8.96 Å². The van der Waals surface area contributed by atoms with Gasteiger partial charge in [0.2, 0.25) is 0 Å². The predicted molar refractivity (Wildman–Crippen MR) is 44.1 cm³/mol. The summed E-state index contributed by atoms with van der Waals surface area (Å²) in [6.07, 6.45) is 5.48. The minimum absolute atomic E-state index is 1.10. The first-order valence-electron chi connectivity index (χ1n) is 2.98. The van der Waals surface area contributed by atoms with Gasteiger partial charge in [0, 0.05) is 24.0 Å². The largest absolute Gasteiger partial charge is 0.294 e. The molecule has 0 N–H and O–H groups in total.